The lowest BCUT2D eigenvalue weighted by molar-refractivity contribution is -0.208. The van der Waals surface area contributed by atoms with Crippen LogP contribution < -0.4 is 17.0 Å². The van der Waals surface area contributed by atoms with Crippen LogP contribution in [0.25, 0.3) is 16.9 Å². The van der Waals surface area contributed by atoms with E-state index in [1.165, 1.54) is 16.9 Å². The standard InChI is InChI=1S/C17H13F3N6O2/c1-9-13(15(27)24(2)16(28)26(9)17(18,19)20)14-11(22)8-25(23-14)12-6-4-3-5-10(12)7-21/h3-6,8H,22H2,1-2H3. The molecule has 0 bridgehead atoms. The number of aromatic nitrogens is 4. The van der Waals surface area contributed by atoms with E-state index in [-0.39, 0.29) is 16.9 Å². The molecule has 0 amide bonds. The monoisotopic (exact) mass is 390 g/mol. The molecular formula is C17H13F3N6O2. The molecule has 0 fully saturated rings. The minimum atomic E-state index is -5.04. The Hall–Kier alpha value is -3.81. The summed E-state index contributed by atoms with van der Waals surface area (Å²) in [5, 5.41) is 13.3. The number of hydrogen-bond donors (Lipinski definition) is 1. The number of para-hydroxylation sites is 1. The molecule has 0 spiro atoms. The van der Waals surface area contributed by atoms with Gasteiger partial charge in [-0.3, -0.25) is 9.36 Å². The van der Waals surface area contributed by atoms with Crippen molar-refractivity contribution in [3.63, 3.8) is 0 Å². The maximum Gasteiger partial charge on any atom is 0.492 e. The summed E-state index contributed by atoms with van der Waals surface area (Å²) >= 11 is 0. The Kier molecular flexibility index (Phi) is 4.35. The molecule has 28 heavy (non-hydrogen) atoms. The number of halogens is 3. The fourth-order valence-corrected chi connectivity index (χ4v) is 2.86. The Morgan fingerprint density at radius 2 is 1.86 bits per heavy atom. The van der Waals surface area contributed by atoms with Gasteiger partial charge in [0.05, 0.1) is 28.7 Å². The van der Waals surface area contributed by atoms with E-state index in [0.29, 0.717) is 10.3 Å². The number of nitriles is 1. The molecule has 144 valence electrons. The summed E-state index contributed by atoms with van der Waals surface area (Å²) in [6.45, 7) is 0.993. The van der Waals surface area contributed by atoms with Crippen molar-refractivity contribution in [2.75, 3.05) is 5.73 Å². The third kappa shape index (κ3) is 2.84. The maximum absolute atomic E-state index is 13.3. The Labute approximate surface area is 155 Å². The largest absolute Gasteiger partial charge is 0.492 e. The maximum atomic E-state index is 13.3. The number of nitrogens with two attached hydrogens (primary N) is 1. The van der Waals surface area contributed by atoms with E-state index >= 15 is 0 Å². The number of anilines is 1. The van der Waals surface area contributed by atoms with Crippen LogP contribution in [0, 0.1) is 18.3 Å². The molecule has 0 aliphatic rings. The van der Waals surface area contributed by atoms with Crippen molar-refractivity contribution in [1.82, 2.24) is 18.9 Å². The predicted molar refractivity (Wildman–Crippen MR) is 93.7 cm³/mol. The molecule has 3 aromatic rings. The highest BCUT2D eigenvalue weighted by atomic mass is 19.4. The molecule has 0 atom stereocenters. The van der Waals surface area contributed by atoms with Gasteiger partial charge in [0.15, 0.2) is 0 Å². The summed E-state index contributed by atoms with van der Waals surface area (Å²) in [6.07, 6.45) is -3.75. The van der Waals surface area contributed by atoms with Gasteiger partial charge in [-0.1, -0.05) is 12.1 Å². The van der Waals surface area contributed by atoms with Gasteiger partial charge in [-0.25, -0.2) is 14.0 Å². The van der Waals surface area contributed by atoms with Crippen LogP contribution in [0.2, 0.25) is 0 Å². The minimum Gasteiger partial charge on any atom is -0.396 e. The van der Waals surface area contributed by atoms with Crippen molar-refractivity contribution in [1.29, 1.82) is 5.26 Å². The van der Waals surface area contributed by atoms with Crippen LogP contribution in [0.1, 0.15) is 11.3 Å². The highest BCUT2D eigenvalue weighted by Crippen LogP contribution is 2.29. The van der Waals surface area contributed by atoms with E-state index in [4.69, 9.17) is 5.73 Å². The van der Waals surface area contributed by atoms with Crippen LogP contribution in [-0.4, -0.2) is 18.9 Å². The molecule has 0 radical (unpaired) electrons. The van der Waals surface area contributed by atoms with Crippen LogP contribution in [-0.2, 0) is 13.3 Å². The first-order valence-electron chi connectivity index (χ1n) is 7.82. The summed E-state index contributed by atoms with van der Waals surface area (Å²) in [4.78, 5) is 24.5. The van der Waals surface area contributed by atoms with Gasteiger partial charge in [0.2, 0.25) is 0 Å². The number of rotatable bonds is 2. The second kappa shape index (κ2) is 6.41. The van der Waals surface area contributed by atoms with Crippen molar-refractivity contribution in [2.45, 2.75) is 13.2 Å². The average molecular weight is 390 g/mol. The lowest BCUT2D eigenvalue weighted by Crippen LogP contribution is -2.44. The number of alkyl halides is 3. The average Bonchev–Trinajstić information content (AvgIpc) is 3.00. The van der Waals surface area contributed by atoms with Crippen molar-refractivity contribution in [3.8, 4) is 23.0 Å². The van der Waals surface area contributed by atoms with Gasteiger partial charge in [-0.2, -0.15) is 10.4 Å². The normalized spacial score (nSPS) is 11.4. The van der Waals surface area contributed by atoms with E-state index in [2.05, 4.69) is 5.10 Å². The van der Waals surface area contributed by atoms with Crippen molar-refractivity contribution in [3.05, 3.63) is 62.6 Å². The second-order valence-electron chi connectivity index (χ2n) is 5.92. The van der Waals surface area contributed by atoms with Crippen LogP contribution in [0.4, 0.5) is 18.9 Å². The van der Waals surface area contributed by atoms with Gasteiger partial charge in [-0.05, 0) is 19.1 Å². The third-order valence-electron chi connectivity index (χ3n) is 4.20. The van der Waals surface area contributed by atoms with Crippen LogP contribution in [0.3, 0.4) is 0 Å². The van der Waals surface area contributed by atoms with Crippen LogP contribution in [0.15, 0.2) is 40.1 Å². The zero-order valence-corrected chi connectivity index (χ0v) is 14.7. The quantitative estimate of drug-likeness (QED) is 0.715. The van der Waals surface area contributed by atoms with Gasteiger partial charge >= 0.3 is 12.0 Å². The van der Waals surface area contributed by atoms with E-state index in [0.717, 1.165) is 14.0 Å². The zero-order chi connectivity index (χ0) is 20.8. The van der Waals surface area contributed by atoms with E-state index in [1.54, 1.807) is 18.2 Å². The molecule has 0 aliphatic carbocycles. The molecule has 2 N–H and O–H groups in total. The minimum absolute atomic E-state index is 0.0830. The first kappa shape index (κ1) is 19.0. The van der Waals surface area contributed by atoms with E-state index in [9.17, 15) is 28.0 Å². The van der Waals surface area contributed by atoms with Gasteiger partial charge < -0.3 is 5.73 Å². The Morgan fingerprint density at radius 1 is 1.21 bits per heavy atom. The van der Waals surface area contributed by atoms with Gasteiger partial charge in [0, 0.05) is 12.7 Å². The summed E-state index contributed by atoms with van der Waals surface area (Å²) in [7, 11) is 0.939. The van der Waals surface area contributed by atoms with Crippen LogP contribution >= 0.6 is 0 Å². The third-order valence-corrected chi connectivity index (χ3v) is 4.20. The molecule has 2 aromatic heterocycles. The van der Waals surface area contributed by atoms with E-state index < -0.39 is 33.4 Å². The molecule has 0 saturated heterocycles. The number of hydrogen-bond acceptors (Lipinski definition) is 5. The smallest absolute Gasteiger partial charge is 0.396 e. The SMILES string of the molecule is Cc1c(-c2nn(-c3ccccc3C#N)cc2N)c(=O)n(C)c(=O)n1C(F)(F)F. The molecule has 2 heterocycles. The lowest BCUT2D eigenvalue weighted by Gasteiger charge is -2.16. The molecule has 11 heteroatoms. The summed E-state index contributed by atoms with van der Waals surface area (Å²) in [5.41, 5.74) is 2.62. The van der Waals surface area contributed by atoms with Gasteiger partial charge in [0.25, 0.3) is 5.56 Å². The number of nitrogens with zero attached hydrogens (tertiary/aromatic N) is 5. The first-order chi connectivity index (χ1) is 13.1. The molecule has 3 rings (SSSR count). The Balaban J connectivity index is 2.34. The number of nitrogen functional groups attached to an aromatic ring is 1. The van der Waals surface area contributed by atoms with Crippen LogP contribution in [0.5, 0.6) is 0 Å². The van der Waals surface area contributed by atoms with Crippen molar-refractivity contribution in [2.24, 2.45) is 7.05 Å². The lowest BCUT2D eigenvalue weighted by atomic mass is 10.1. The molecule has 0 saturated carbocycles. The topological polar surface area (TPSA) is 112 Å². The summed E-state index contributed by atoms with van der Waals surface area (Å²) < 4.78 is 41.1. The highest BCUT2D eigenvalue weighted by Gasteiger charge is 2.37. The molecule has 0 aliphatic heterocycles. The van der Waals surface area contributed by atoms with Crippen molar-refractivity contribution >= 4 is 5.69 Å². The second-order valence-corrected chi connectivity index (χ2v) is 5.92. The van der Waals surface area contributed by atoms with Gasteiger partial charge in [-0.15, -0.1) is 13.2 Å². The Bertz CT molecular complexity index is 1240. The Morgan fingerprint density at radius 3 is 2.46 bits per heavy atom. The van der Waals surface area contributed by atoms with Gasteiger partial charge in [0.1, 0.15) is 11.8 Å². The summed E-state index contributed by atoms with van der Waals surface area (Å²) in [5.74, 6) is 0. The first-order valence-corrected chi connectivity index (χ1v) is 7.82. The van der Waals surface area contributed by atoms with Crippen molar-refractivity contribution < 1.29 is 13.2 Å². The van der Waals surface area contributed by atoms with E-state index in [1.807, 2.05) is 6.07 Å². The molecule has 8 nitrogen and oxygen atoms in total. The molecular weight excluding hydrogens is 377 g/mol. The fourth-order valence-electron chi connectivity index (χ4n) is 2.86. The summed E-state index contributed by atoms with van der Waals surface area (Å²) in [6, 6.07) is 8.34. The molecule has 1 aromatic carbocycles. The zero-order valence-electron chi connectivity index (χ0n) is 14.7. The predicted octanol–water partition coefficient (Wildman–Crippen LogP) is 1.64. The molecule has 0 unspecified atom stereocenters. The highest BCUT2D eigenvalue weighted by molar-refractivity contribution is 5.73. The number of benzene rings is 1. The fraction of sp³-hybridized carbons (Fsp3) is 0.176.